The fraction of sp³-hybridized carbons (Fsp3) is 0.571. The largest absolute Gasteiger partial charge is 0.396 e. The van der Waals surface area contributed by atoms with Crippen molar-refractivity contribution >= 4 is 10.0 Å². The first-order valence-electron chi connectivity index (χ1n) is 6.72. The predicted molar refractivity (Wildman–Crippen MR) is 75.9 cm³/mol. The highest BCUT2D eigenvalue weighted by molar-refractivity contribution is 7.89. The number of sulfonamides is 1. The minimum absolute atomic E-state index is 0.0350. The van der Waals surface area contributed by atoms with Crippen molar-refractivity contribution in [3.05, 3.63) is 29.8 Å². The van der Waals surface area contributed by atoms with Crippen LogP contribution in [-0.4, -0.2) is 39.9 Å². The molecule has 0 spiro atoms. The molecule has 1 aliphatic heterocycles. The van der Waals surface area contributed by atoms with E-state index in [-0.39, 0.29) is 18.0 Å². The summed E-state index contributed by atoms with van der Waals surface area (Å²) < 4.78 is 32.4. The van der Waals surface area contributed by atoms with E-state index in [4.69, 9.17) is 4.74 Å². The van der Waals surface area contributed by atoms with Crippen LogP contribution < -0.4 is 4.72 Å². The summed E-state index contributed by atoms with van der Waals surface area (Å²) in [7, 11) is -3.53. The Balaban J connectivity index is 2.08. The van der Waals surface area contributed by atoms with Gasteiger partial charge < -0.3 is 9.84 Å². The summed E-state index contributed by atoms with van der Waals surface area (Å²) >= 11 is 0. The van der Waals surface area contributed by atoms with Crippen molar-refractivity contribution in [2.24, 2.45) is 5.41 Å². The molecule has 1 aromatic rings. The maximum atomic E-state index is 12.3. The minimum atomic E-state index is -3.53. The van der Waals surface area contributed by atoms with Crippen LogP contribution in [0.3, 0.4) is 0 Å². The molecule has 1 aromatic carbocycles. The third-order valence-corrected chi connectivity index (χ3v) is 5.22. The van der Waals surface area contributed by atoms with Crippen LogP contribution in [-0.2, 0) is 14.8 Å². The van der Waals surface area contributed by atoms with Crippen LogP contribution in [0, 0.1) is 12.3 Å². The van der Waals surface area contributed by atoms with E-state index in [0.717, 1.165) is 5.56 Å². The van der Waals surface area contributed by atoms with E-state index in [1.54, 1.807) is 18.2 Å². The van der Waals surface area contributed by atoms with Gasteiger partial charge in [0.05, 0.1) is 11.5 Å². The molecule has 112 valence electrons. The second kappa shape index (κ2) is 6.22. The molecule has 2 N–H and O–H groups in total. The molecule has 0 unspecified atom stereocenters. The number of hydrogen-bond acceptors (Lipinski definition) is 4. The van der Waals surface area contributed by atoms with E-state index in [1.165, 1.54) is 0 Å². The molecular weight excluding hydrogens is 278 g/mol. The Morgan fingerprint density at radius 2 is 2.05 bits per heavy atom. The lowest BCUT2D eigenvalue weighted by Gasteiger charge is -2.35. The van der Waals surface area contributed by atoms with Gasteiger partial charge in [0, 0.05) is 25.2 Å². The Labute approximate surface area is 120 Å². The lowest BCUT2D eigenvalue weighted by Crippen LogP contribution is -2.43. The fourth-order valence-corrected chi connectivity index (χ4v) is 3.57. The molecule has 20 heavy (non-hydrogen) atoms. The van der Waals surface area contributed by atoms with Crippen molar-refractivity contribution in [3.8, 4) is 0 Å². The van der Waals surface area contributed by atoms with Gasteiger partial charge in [0.1, 0.15) is 0 Å². The van der Waals surface area contributed by atoms with Crippen LogP contribution >= 0.6 is 0 Å². The van der Waals surface area contributed by atoms with Crippen LogP contribution in [0.4, 0.5) is 0 Å². The fourth-order valence-electron chi connectivity index (χ4n) is 2.31. The second-order valence-electron chi connectivity index (χ2n) is 5.41. The van der Waals surface area contributed by atoms with E-state index in [0.29, 0.717) is 26.1 Å². The van der Waals surface area contributed by atoms with E-state index in [9.17, 15) is 13.5 Å². The van der Waals surface area contributed by atoms with Crippen molar-refractivity contribution < 1.29 is 18.3 Å². The maximum absolute atomic E-state index is 12.3. The quantitative estimate of drug-likeness (QED) is 0.852. The van der Waals surface area contributed by atoms with Crippen LogP contribution in [0.15, 0.2) is 29.2 Å². The van der Waals surface area contributed by atoms with Crippen molar-refractivity contribution in [2.45, 2.75) is 24.7 Å². The molecule has 0 amide bonds. The Morgan fingerprint density at radius 1 is 1.35 bits per heavy atom. The zero-order valence-electron chi connectivity index (χ0n) is 11.6. The molecule has 1 fully saturated rings. The number of benzene rings is 1. The maximum Gasteiger partial charge on any atom is 0.240 e. The molecule has 6 heteroatoms. The highest BCUT2D eigenvalue weighted by Gasteiger charge is 2.33. The predicted octanol–water partition coefficient (Wildman–Crippen LogP) is 1.06. The molecule has 0 atom stereocenters. The summed E-state index contributed by atoms with van der Waals surface area (Å²) in [5, 5.41) is 9.56. The van der Waals surface area contributed by atoms with Crippen molar-refractivity contribution in [1.82, 2.24) is 4.72 Å². The smallest absolute Gasteiger partial charge is 0.240 e. The summed E-state index contributed by atoms with van der Waals surface area (Å²) in [4.78, 5) is 0.262. The zero-order chi connectivity index (χ0) is 14.6. The molecule has 0 aromatic heterocycles. The molecule has 0 saturated carbocycles. The van der Waals surface area contributed by atoms with Gasteiger partial charge in [0.25, 0.3) is 0 Å². The Kier molecular flexibility index (Phi) is 4.80. The Hall–Kier alpha value is -0.950. The summed E-state index contributed by atoms with van der Waals surface area (Å²) in [6.45, 7) is 3.18. The number of ether oxygens (including phenoxy) is 1. The Bertz CT molecular complexity index is 550. The molecule has 0 bridgehead atoms. The highest BCUT2D eigenvalue weighted by Crippen LogP contribution is 2.29. The summed E-state index contributed by atoms with van der Waals surface area (Å²) in [5.41, 5.74) is 0.491. The van der Waals surface area contributed by atoms with Crippen LogP contribution in [0.25, 0.3) is 0 Å². The van der Waals surface area contributed by atoms with Gasteiger partial charge in [-0.25, -0.2) is 13.1 Å². The molecule has 5 nitrogen and oxygen atoms in total. The monoisotopic (exact) mass is 299 g/mol. The van der Waals surface area contributed by atoms with Gasteiger partial charge in [-0.3, -0.25) is 0 Å². The summed E-state index contributed by atoms with van der Waals surface area (Å²) in [6, 6.07) is 6.79. The number of aliphatic hydroxyl groups excluding tert-OH is 1. The number of hydrogen-bond donors (Lipinski definition) is 2. The van der Waals surface area contributed by atoms with Crippen molar-refractivity contribution in [3.63, 3.8) is 0 Å². The molecule has 0 aliphatic carbocycles. The molecule has 1 aliphatic rings. The SMILES string of the molecule is Cc1cccc(S(=O)(=O)NCC2(CO)CCOCC2)c1. The van der Waals surface area contributed by atoms with Gasteiger partial charge in [-0.15, -0.1) is 0 Å². The van der Waals surface area contributed by atoms with Gasteiger partial charge in [0.2, 0.25) is 10.0 Å². The zero-order valence-corrected chi connectivity index (χ0v) is 12.4. The topological polar surface area (TPSA) is 75.6 Å². The van der Waals surface area contributed by atoms with Gasteiger partial charge in [-0.2, -0.15) is 0 Å². The summed E-state index contributed by atoms with van der Waals surface area (Å²) in [6.07, 6.45) is 1.33. The first kappa shape index (κ1) is 15.4. The second-order valence-corrected chi connectivity index (χ2v) is 7.18. The summed E-state index contributed by atoms with van der Waals surface area (Å²) in [5.74, 6) is 0. The molecule has 0 radical (unpaired) electrons. The number of rotatable bonds is 5. The molecule has 1 saturated heterocycles. The van der Waals surface area contributed by atoms with Crippen molar-refractivity contribution in [2.75, 3.05) is 26.4 Å². The van der Waals surface area contributed by atoms with Crippen LogP contribution in [0.2, 0.25) is 0 Å². The highest BCUT2D eigenvalue weighted by atomic mass is 32.2. The third-order valence-electron chi connectivity index (χ3n) is 3.83. The standard InChI is InChI=1S/C14H21NO4S/c1-12-3-2-4-13(9-12)20(17,18)15-10-14(11-16)5-7-19-8-6-14/h2-4,9,15-16H,5-8,10-11H2,1H3. The number of nitrogens with one attached hydrogen (secondary N) is 1. The molecule has 1 heterocycles. The Morgan fingerprint density at radius 3 is 2.65 bits per heavy atom. The number of aliphatic hydroxyl groups is 1. The van der Waals surface area contributed by atoms with Crippen LogP contribution in [0.1, 0.15) is 18.4 Å². The lowest BCUT2D eigenvalue weighted by atomic mass is 9.81. The molecular formula is C14H21NO4S. The van der Waals surface area contributed by atoms with Crippen LogP contribution in [0.5, 0.6) is 0 Å². The van der Waals surface area contributed by atoms with E-state index < -0.39 is 15.4 Å². The molecule has 2 rings (SSSR count). The van der Waals surface area contributed by atoms with E-state index in [1.807, 2.05) is 13.0 Å². The third kappa shape index (κ3) is 3.58. The average molecular weight is 299 g/mol. The van der Waals surface area contributed by atoms with Gasteiger partial charge >= 0.3 is 0 Å². The number of aryl methyl sites for hydroxylation is 1. The minimum Gasteiger partial charge on any atom is -0.396 e. The average Bonchev–Trinajstić information content (AvgIpc) is 2.46. The van der Waals surface area contributed by atoms with E-state index in [2.05, 4.69) is 4.72 Å². The van der Waals surface area contributed by atoms with Gasteiger partial charge in [-0.1, -0.05) is 12.1 Å². The van der Waals surface area contributed by atoms with Gasteiger partial charge in [0.15, 0.2) is 0 Å². The normalized spacial score (nSPS) is 18.9. The van der Waals surface area contributed by atoms with E-state index >= 15 is 0 Å². The first-order valence-corrected chi connectivity index (χ1v) is 8.21. The first-order chi connectivity index (χ1) is 9.47. The lowest BCUT2D eigenvalue weighted by molar-refractivity contribution is -0.0126. The van der Waals surface area contributed by atoms with Gasteiger partial charge in [-0.05, 0) is 37.5 Å². The van der Waals surface area contributed by atoms with Crippen molar-refractivity contribution in [1.29, 1.82) is 0 Å².